The van der Waals surface area contributed by atoms with Crippen molar-refractivity contribution in [3.8, 4) is 0 Å². The minimum absolute atomic E-state index is 0.289. The molecule has 0 bridgehead atoms. The Morgan fingerprint density at radius 3 is 2.15 bits per heavy atom. The summed E-state index contributed by atoms with van der Waals surface area (Å²) in [6.07, 6.45) is 14.1. The van der Waals surface area contributed by atoms with Crippen LogP contribution in [0.3, 0.4) is 0 Å². The summed E-state index contributed by atoms with van der Waals surface area (Å²) in [5, 5.41) is 0. The molecular formula is C28H38N2O2S. The fourth-order valence-electron chi connectivity index (χ4n) is 3.40. The van der Waals surface area contributed by atoms with E-state index in [2.05, 4.69) is 44.8 Å². The van der Waals surface area contributed by atoms with Crippen LogP contribution in [0.5, 0.6) is 0 Å². The number of nitrogens with zero attached hydrogens (tertiary/aromatic N) is 2. The molecule has 2 aromatic rings. The van der Waals surface area contributed by atoms with Crippen molar-refractivity contribution in [3.05, 3.63) is 94.9 Å². The Labute approximate surface area is 200 Å². The highest BCUT2D eigenvalue weighted by molar-refractivity contribution is 7.89. The summed E-state index contributed by atoms with van der Waals surface area (Å²) < 4.78 is 28.3. The van der Waals surface area contributed by atoms with Gasteiger partial charge in [-0.3, -0.25) is 4.98 Å². The van der Waals surface area contributed by atoms with Gasteiger partial charge >= 0.3 is 0 Å². The topological polar surface area (TPSA) is 50.3 Å². The van der Waals surface area contributed by atoms with Crippen LogP contribution in [0.15, 0.2) is 88.6 Å². The molecule has 4 nitrogen and oxygen atoms in total. The highest BCUT2D eigenvalue weighted by Crippen LogP contribution is 2.20. The second kappa shape index (κ2) is 13.3. The van der Waals surface area contributed by atoms with E-state index in [4.69, 9.17) is 0 Å². The lowest BCUT2D eigenvalue weighted by Crippen LogP contribution is -2.31. The smallest absolute Gasteiger partial charge is 0.243 e. The summed E-state index contributed by atoms with van der Waals surface area (Å²) in [7, 11) is -3.62. The molecular weight excluding hydrogens is 428 g/mol. The van der Waals surface area contributed by atoms with Crippen molar-refractivity contribution in [1.82, 2.24) is 9.29 Å². The number of rotatable bonds is 12. The molecule has 0 aliphatic carbocycles. The van der Waals surface area contributed by atoms with Gasteiger partial charge < -0.3 is 0 Å². The monoisotopic (exact) mass is 466 g/mol. The Morgan fingerprint density at radius 1 is 0.909 bits per heavy atom. The van der Waals surface area contributed by atoms with Crippen molar-refractivity contribution in [2.75, 3.05) is 6.54 Å². The molecule has 0 aliphatic rings. The van der Waals surface area contributed by atoms with E-state index in [0.29, 0.717) is 11.4 Å². The summed E-state index contributed by atoms with van der Waals surface area (Å²) in [5.74, 6) is 0. The van der Waals surface area contributed by atoms with Crippen molar-refractivity contribution >= 4 is 10.0 Å². The zero-order chi connectivity index (χ0) is 24.3. The highest BCUT2D eigenvalue weighted by Gasteiger charge is 2.24. The summed E-state index contributed by atoms with van der Waals surface area (Å²) in [5.41, 5.74) is 5.86. The van der Waals surface area contributed by atoms with Crippen molar-refractivity contribution in [1.29, 1.82) is 0 Å². The van der Waals surface area contributed by atoms with Gasteiger partial charge in [-0.2, -0.15) is 4.31 Å². The molecule has 1 heterocycles. The summed E-state index contributed by atoms with van der Waals surface area (Å²) in [6.45, 7) is 11.1. The third kappa shape index (κ3) is 9.48. The Morgan fingerprint density at radius 2 is 1.55 bits per heavy atom. The van der Waals surface area contributed by atoms with Gasteiger partial charge in [-0.15, -0.1) is 0 Å². The first-order valence-corrected chi connectivity index (χ1v) is 13.0. The number of hydrogen-bond donors (Lipinski definition) is 0. The third-order valence-corrected chi connectivity index (χ3v) is 7.33. The molecule has 0 fully saturated rings. The fourth-order valence-corrected chi connectivity index (χ4v) is 4.77. The van der Waals surface area contributed by atoms with Gasteiger partial charge in [0, 0.05) is 25.5 Å². The number of pyridine rings is 1. The van der Waals surface area contributed by atoms with Gasteiger partial charge in [0.05, 0.1) is 4.90 Å². The first-order chi connectivity index (χ1) is 15.7. The molecule has 0 aliphatic heterocycles. The van der Waals surface area contributed by atoms with E-state index in [1.807, 2.05) is 37.3 Å². The van der Waals surface area contributed by atoms with E-state index in [-0.39, 0.29) is 6.54 Å². The molecule has 178 valence electrons. The maximum atomic E-state index is 13.4. The lowest BCUT2D eigenvalue weighted by Gasteiger charge is -2.21. The number of sulfonamides is 1. The maximum Gasteiger partial charge on any atom is 0.243 e. The normalized spacial score (nSPS) is 12.8. The summed E-state index contributed by atoms with van der Waals surface area (Å²) in [4.78, 5) is 4.46. The molecule has 1 aromatic heterocycles. The number of hydrogen-bond acceptors (Lipinski definition) is 3. The van der Waals surface area contributed by atoms with Crippen molar-refractivity contribution in [2.45, 2.75) is 71.7 Å². The van der Waals surface area contributed by atoms with Gasteiger partial charge in [0.1, 0.15) is 0 Å². The van der Waals surface area contributed by atoms with Gasteiger partial charge in [0.2, 0.25) is 10.0 Å². The molecule has 0 atom stereocenters. The van der Waals surface area contributed by atoms with E-state index in [0.717, 1.165) is 36.8 Å². The molecule has 1 aromatic carbocycles. The Bertz CT molecular complexity index is 1060. The zero-order valence-electron chi connectivity index (χ0n) is 20.7. The van der Waals surface area contributed by atoms with Crippen LogP contribution in [0.4, 0.5) is 0 Å². The largest absolute Gasteiger partial charge is 0.264 e. The summed E-state index contributed by atoms with van der Waals surface area (Å²) >= 11 is 0. The minimum atomic E-state index is -3.62. The van der Waals surface area contributed by atoms with E-state index < -0.39 is 10.0 Å². The maximum absolute atomic E-state index is 13.4. The second-order valence-electron chi connectivity index (χ2n) is 8.93. The number of allylic oxidation sites excluding steroid dienone is 5. The lowest BCUT2D eigenvalue weighted by atomic mass is 10.1. The van der Waals surface area contributed by atoms with Crippen LogP contribution in [0.1, 0.15) is 64.5 Å². The van der Waals surface area contributed by atoms with Crippen LogP contribution in [0.25, 0.3) is 0 Å². The van der Waals surface area contributed by atoms with Gasteiger partial charge in [-0.25, -0.2) is 8.42 Å². The Kier molecular flexibility index (Phi) is 10.8. The van der Waals surface area contributed by atoms with Crippen molar-refractivity contribution < 1.29 is 8.42 Å². The van der Waals surface area contributed by atoms with Gasteiger partial charge in [-0.1, -0.05) is 58.7 Å². The molecule has 0 saturated carbocycles. The molecule has 0 amide bonds. The predicted molar refractivity (Wildman–Crippen MR) is 138 cm³/mol. The van der Waals surface area contributed by atoms with E-state index in [1.54, 1.807) is 24.5 Å². The Hall–Kier alpha value is -2.50. The molecule has 2 rings (SSSR count). The van der Waals surface area contributed by atoms with Crippen molar-refractivity contribution in [2.24, 2.45) is 0 Å². The fraction of sp³-hybridized carbons (Fsp3) is 0.393. The predicted octanol–water partition coefficient (Wildman–Crippen LogP) is 7.00. The zero-order valence-corrected chi connectivity index (χ0v) is 21.5. The first-order valence-electron chi connectivity index (χ1n) is 11.6. The van der Waals surface area contributed by atoms with Crippen LogP contribution in [0, 0.1) is 6.92 Å². The third-order valence-electron chi connectivity index (χ3n) is 5.51. The number of aryl methyl sites for hydroxylation is 1. The van der Waals surface area contributed by atoms with Crippen LogP contribution in [-0.4, -0.2) is 24.3 Å². The van der Waals surface area contributed by atoms with Gasteiger partial charge in [0.25, 0.3) is 0 Å². The number of aromatic nitrogens is 1. The van der Waals surface area contributed by atoms with Crippen LogP contribution >= 0.6 is 0 Å². The lowest BCUT2D eigenvalue weighted by molar-refractivity contribution is 0.437. The SMILES string of the molecule is CC(C)=CCC/C(C)=C/CC/C(C)=C/CN(Cc1cccnc1)S(=O)(=O)c1ccc(C)cc1. The highest BCUT2D eigenvalue weighted by atomic mass is 32.2. The van der Waals surface area contributed by atoms with Crippen LogP contribution in [0.2, 0.25) is 0 Å². The van der Waals surface area contributed by atoms with Crippen molar-refractivity contribution in [3.63, 3.8) is 0 Å². The molecule has 0 N–H and O–H groups in total. The van der Waals surface area contributed by atoms with Crippen LogP contribution < -0.4 is 0 Å². The minimum Gasteiger partial charge on any atom is -0.264 e. The Balaban J connectivity index is 2.08. The average Bonchev–Trinajstić information content (AvgIpc) is 2.77. The molecule has 0 saturated heterocycles. The van der Waals surface area contributed by atoms with E-state index in [1.165, 1.54) is 21.0 Å². The summed E-state index contributed by atoms with van der Waals surface area (Å²) in [6, 6.07) is 10.8. The second-order valence-corrected chi connectivity index (χ2v) is 10.9. The average molecular weight is 467 g/mol. The van der Waals surface area contributed by atoms with Gasteiger partial charge in [0.15, 0.2) is 0 Å². The molecule has 33 heavy (non-hydrogen) atoms. The first kappa shape index (κ1) is 26.7. The molecule has 0 radical (unpaired) electrons. The van der Waals surface area contributed by atoms with Crippen LogP contribution in [-0.2, 0) is 16.6 Å². The van der Waals surface area contributed by atoms with E-state index in [9.17, 15) is 8.42 Å². The molecule has 0 spiro atoms. The number of benzene rings is 1. The van der Waals surface area contributed by atoms with Gasteiger partial charge in [-0.05, 0) is 84.1 Å². The standard InChI is InChI=1S/C28H38N2O2S/c1-23(2)9-6-10-24(3)11-7-12-25(4)18-20-30(22-27-13-8-19-29-21-27)33(31,32)28-16-14-26(5)15-17-28/h8-9,11,13-19,21H,6-7,10,12,20,22H2,1-5H3/b24-11+,25-18+. The molecule has 5 heteroatoms. The quantitative estimate of drug-likeness (QED) is 0.316. The molecule has 0 unspecified atom stereocenters. The van der Waals surface area contributed by atoms with E-state index >= 15 is 0 Å².